The zero-order valence-electron chi connectivity index (χ0n) is 8.88. The summed E-state index contributed by atoms with van der Waals surface area (Å²) in [6, 6.07) is 4.38. The van der Waals surface area contributed by atoms with Crippen molar-refractivity contribution in [1.29, 1.82) is 0 Å². The molecule has 0 saturated heterocycles. The van der Waals surface area contributed by atoms with E-state index >= 15 is 0 Å². The van der Waals surface area contributed by atoms with E-state index in [9.17, 15) is 15.0 Å². The van der Waals surface area contributed by atoms with Crippen molar-refractivity contribution in [2.75, 3.05) is 0 Å². The van der Waals surface area contributed by atoms with Crippen LogP contribution in [0, 0.1) is 12.3 Å². The molecular weight excluding hydrogens is 220 g/mol. The summed E-state index contributed by atoms with van der Waals surface area (Å²) in [5.41, 5.74) is 0.749. The number of rotatable bonds is 3. The van der Waals surface area contributed by atoms with E-state index in [0.29, 0.717) is 17.2 Å². The third-order valence-corrected chi connectivity index (χ3v) is 2.50. The highest BCUT2D eigenvalue weighted by molar-refractivity contribution is 5.91. The number of aliphatic hydroxyl groups is 1. The third kappa shape index (κ3) is 1.88. The Kier molecular flexibility index (Phi) is 2.86. The van der Waals surface area contributed by atoms with Crippen molar-refractivity contribution >= 4 is 17.3 Å². The fourth-order valence-corrected chi connectivity index (χ4v) is 1.69. The van der Waals surface area contributed by atoms with Crippen LogP contribution in [0.5, 0.6) is 5.75 Å². The number of phenols is 1. The summed E-state index contributed by atoms with van der Waals surface area (Å²) in [7, 11) is 0. The van der Waals surface area contributed by atoms with Gasteiger partial charge in [0.15, 0.2) is 12.0 Å². The van der Waals surface area contributed by atoms with Crippen molar-refractivity contribution in [3.8, 4) is 18.1 Å². The Morgan fingerprint density at radius 2 is 2.29 bits per heavy atom. The second kappa shape index (κ2) is 4.32. The van der Waals surface area contributed by atoms with E-state index in [2.05, 4.69) is 5.92 Å². The number of carbonyl (C=O) groups is 1. The monoisotopic (exact) mass is 230 g/mol. The number of phenolic OH excluding ortho intramolecular Hbond substituents is 1. The smallest absolute Gasteiger partial charge is 0.185 e. The highest BCUT2D eigenvalue weighted by Crippen LogP contribution is 2.33. The summed E-state index contributed by atoms with van der Waals surface area (Å²) in [4.78, 5) is 10.6. The van der Waals surface area contributed by atoms with Crippen LogP contribution in [0.3, 0.4) is 0 Å². The number of benzene rings is 1. The fraction of sp³-hybridized carbons (Fsp3) is 0.154. The maximum Gasteiger partial charge on any atom is 0.185 e. The summed E-state index contributed by atoms with van der Waals surface area (Å²) in [5.74, 6) is 2.43. The first kappa shape index (κ1) is 11.2. The van der Waals surface area contributed by atoms with Gasteiger partial charge in [-0.3, -0.25) is 4.79 Å². The molecule has 0 radical (unpaired) electrons. The Bertz CT molecular complexity index is 604. The lowest BCUT2D eigenvalue weighted by Crippen LogP contribution is -1.96. The first-order valence-corrected chi connectivity index (χ1v) is 4.99. The molecule has 86 valence electrons. The van der Waals surface area contributed by atoms with Crippen LogP contribution in [-0.4, -0.2) is 16.5 Å². The van der Waals surface area contributed by atoms with Gasteiger partial charge in [-0.1, -0.05) is 0 Å². The minimum Gasteiger partial charge on any atom is -0.507 e. The minimum atomic E-state index is -0.881. The van der Waals surface area contributed by atoms with Crippen LogP contribution in [0.1, 0.15) is 28.6 Å². The summed E-state index contributed by atoms with van der Waals surface area (Å²) in [5, 5.41) is 19.8. The van der Waals surface area contributed by atoms with Gasteiger partial charge in [0.1, 0.15) is 11.3 Å². The zero-order valence-corrected chi connectivity index (χ0v) is 8.88. The molecular formula is C13H10O4. The van der Waals surface area contributed by atoms with Crippen LogP contribution in [0.25, 0.3) is 11.0 Å². The van der Waals surface area contributed by atoms with Crippen molar-refractivity contribution in [2.24, 2.45) is 0 Å². The quantitative estimate of drug-likeness (QED) is 0.625. The van der Waals surface area contributed by atoms with E-state index in [1.165, 1.54) is 18.2 Å². The van der Waals surface area contributed by atoms with Crippen molar-refractivity contribution in [1.82, 2.24) is 0 Å². The van der Waals surface area contributed by atoms with Gasteiger partial charge in [-0.2, -0.15) is 0 Å². The average molecular weight is 230 g/mol. The largest absolute Gasteiger partial charge is 0.507 e. The van der Waals surface area contributed by atoms with Crippen LogP contribution in [0.2, 0.25) is 0 Å². The van der Waals surface area contributed by atoms with Gasteiger partial charge in [-0.15, -0.1) is 12.3 Å². The minimum absolute atomic E-state index is 0.00601. The van der Waals surface area contributed by atoms with Gasteiger partial charge in [0.05, 0.1) is 11.5 Å². The maximum absolute atomic E-state index is 10.6. The molecule has 1 atom stereocenters. The third-order valence-electron chi connectivity index (χ3n) is 2.50. The van der Waals surface area contributed by atoms with E-state index < -0.39 is 6.10 Å². The molecule has 4 nitrogen and oxygen atoms in total. The second-order valence-electron chi connectivity index (χ2n) is 3.61. The number of furan rings is 1. The molecule has 0 aliphatic carbocycles. The molecule has 0 aliphatic heterocycles. The SMILES string of the molecule is C#CCC(O)c1ccc(O)c2cc(C=O)oc12. The molecule has 4 heteroatoms. The van der Waals surface area contributed by atoms with Crippen LogP contribution >= 0.6 is 0 Å². The topological polar surface area (TPSA) is 70.7 Å². The molecule has 0 bridgehead atoms. The Hall–Kier alpha value is -2.25. The number of aliphatic hydroxyl groups excluding tert-OH is 1. The lowest BCUT2D eigenvalue weighted by atomic mass is 10.0. The molecule has 2 rings (SSSR count). The van der Waals surface area contributed by atoms with Crippen molar-refractivity contribution in [3.05, 3.63) is 29.5 Å². The Balaban J connectivity index is 2.65. The maximum atomic E-state index is 10.6. The highest BCUT2D eigenvalue weighted by Gasteiger charge is 2.16. The Labute approximate surface area is 97.5 Å². The summed E-state index contributed by atoms with van der Waals surface area (Å²) < 4.78 is 5.24. The Morgan fingerprint density at radius 3 is 2.94 bits per heavy atom. The summed E-state index contributed by atoms with van der Waals surface area (Å²) in [6.45, 7) is 0. The van der Waals surface area contributed by atoms with Crippen molar-refractivity contribution < 1.29 is 19.4 Å². The second-order valence-corrected chi connectivity index (χ2v) is 3.61. The number of aldehydes is 1. The van der Waals surface area contributed by atoms with Crippen LogP contribution in [0.15, 0.2) is 22.6 Å². The molecule has 1 aromatic heterocycles. The molecule has 17 heavy (non-hydrogen) atoms. The van der Waals surface area contributed by atoms with Crippen LogP contribution in [0.4, 0.5) is 0 Å². The fourth-order valence-electron chi connectivity index (χ4n) is 1.69. The standard InChI is InChI=1S/C13H10O4/c1-2-3-11(15)9-4-5-12(16)10-6-8(7-14)17-13(9)10/h1,4-7,11,15-16H,3H2. The molecule has 0 spiro atoms. The van der Waals surface area contributed by atoms with E-state index in [-0.39, 0.29) is 23.5 Å². The molecule has 0 amide bonds. The van der Waals surface area contributed by atoms with E-state index in [4.69, 9.17) is 10.8 Å². The first-order valence-electron chi connectivity index (χ1n) is 4.99. The van der Waals surface area contributed by atoms with Gasteiger partial charge in [0.25, 0.3) is 0 Å². The molecule has 1 unspecified atom stereocenters. The predicted molar refractivity (Wildman–Crippen MR) is 61.7 cm³/mol. The lowest BCUT2D eigenvalue weighted by molar-refractivity contribution is 0.110. The molecule has 1 heterocycles. The first-order chi connectivity index (χ1) is 8.17. The van der Waals surface area contributed by atoms with Gasteiger partial charge >= 0.3 is 0 Å². The molecule has 0 aliphatic rings. The summed E-state index contributed by atoms with van der Waals surface area (Å²) in [6.07, 6.45) is 4.92. The van der Waals surface area contributed by atoms with Crippen molar-refractivity contribution in [3.63, 3.8) is 0 Å². The molecule has 2 aromatic rings. The van der Waals surface area contributed by atoms with Gasteiger partial charge < -0.3 is 14.6 Å². The molecule has 0 fully saturated rings. The number of hydrogen-bond donors (Lipinski definition) is 2. The molecule has 2 N–H and O–H groups in total. The van der Waals surface area contributed by atoms with Gasteiger partial charge in [0, 0.05) is 12.0 Å². The number of fused-ring (bicyclic) bond motifs is 1. The lowest BCUT2D eigenvalue weighted by Gasteiger charge is -2.08. The summed E-state index contributed by atoms with van der Waals surface area (Å²) >= 11 is 0. The van der Waals surface area contributed by atoms with E-state index in [0.717, 1.165) is 0 Å². The van der Waals surface area contributed by atoms with E-state index in [1.54, 1.807) is 0 Å². The number of terminal acetylenes is 1. The highest BCUT2D eigenvalue weighted by atomic mass is 16.3. The molecule has 1 aromatic carbocycles. The van der Waals surface area contributed by atoms with Gasteiger partial charge in [-0.05, 0) is 18.2 Å². The normalized spacial score (nSPS) is 12.2. The average Bonchev–Trinajstić information content (AvgIpc) is 2.74. The number of carbonyl (C=O) groups excluding carboxylic acids is 1. The predicted octanol–water partition coefficient (Wildman–Crippen LogP) is 2.01. The van der Waals surface area contributed by atoms with Crippen LogP contribution < -0.4 is 0 Å². The number of aromatic hydroxyl groups is 1. The van der Waals surface area contributed by atoms with E-state index in [1.807, 2.05) is 0 Å². The molecule has 0 saturated carbocycles. The van der Waals surface area contributed by atoms with Gasteiger partial charge in [-0.25, -0.2) is 0 Å². The Morgan fingerprint density at radius 1 is 1.53 bits per heavy atom. The van der Waals surface area contributed by atoms with Crippen LogP contribution in [-0.2, 0) is 0 Å². The zero-order chi connectivity index (χ0) is 12.4. The van der Waals surface area contributed by atoms with Crippen molar-refractivity contribution in [2.45, 2.75) is 12.5 Å². The number of hydrogen-bond acceptors (Lipinski definition) is 4. The van der Waals surface area contributed by atoms with Gasteiger partial charge in [0.2, 0.25) is 0 Å².